The van der Waals surface area contributed by atoms with Gasteiger partial charge in [0.25, 0.3) is 5.91 Å². The van der Waals surface area contributed by atoms with Crippen molar-refractivity contribution in [3.05, 3.63) is 48.0 Å². The maximum atomic E-state index is 12.8. The summed E-state index contributed by atoms with van der Waals surface area (Å²) in [7, 11) is 0. The van der Waals surface area contributed by atoms with E-state index < -0.39 is 12.1 Å². The van der Waals surface area contributed by atoms with Crippen LogP contribution in [0.2, 0.25) is 0 Å². The van der Waals surface area contributed by atoms with Gasteiger partial charge in [-0.3, -0.25) is 4.79 Å². The Kier molecular flexibility index (Phi) is 4.18. The summed E-state index contributed by atoms with van der Waals surface area (Å²) in [5.41, 5.74) is 0.420. The lowest BCUT2D eigenvalue weighted by molar-refractivity contribution is -0.134. The summed E-state index contributed by atoms with van der Waals surface area (Å²) < 4.78 is 5.51. The predicted octanol–water partition coefficient (Wildman–Crippen LogP) is 4.47. The first-order chi connectivity index (χ1) is 13.5. The zero-order valence-corrected chi connectivity index (χ0v) is 16.3. The smallest absolute Gasteiger partial charge is 0.338 e. The van der Waals surface area contributed by atoms with Crippen molar-refractivity contribution in [3.8, 4) is 0 Å². The maximum Gasteiger partial charge on any atom is 0.338 e. The average Bonchev–Trinajstić information content (AvgIpc) is 2.66. The Bertz CT molecular complexity index is 899. The van der Waals surface area contributed by atoms with Crippen LogP contribution in [0.25, 0.3) is 10.8 Å². The summed E-state index contributed by atoms with van der Waals surface area (Å²) in [6.07, 6.45) is 6.50. The second kappa shape index (κ2) is 6.61. The highest BCUT2D eigenvalue weighted by atomic mass is 16.5. The second-order valence-electron chi connectivity index (χ2n) is 9.30. The van der Waals surface area contributed by atoms with E-state index >= 15 is 0 Å². The van der Waals surface area contributed by atoms with E-state index in [-0.39, 0.29) is 11.4 Å². The Hall–Kier alpha value is -2.36. The summed E-state index contributed by atoms with van der Waals surface area (Å²) in [6.45, 7) is 1.68. The first kappa shape index (κ1) is 17.7. The number of carbonyl (C=O) groups excluding carboxylic acids is 2. The van der Waals surface area contributed by atoms with Crippen LogP contribution in [-0.4, -0.2) is 23.5 Å². The van der Waals surface area contributed by atoms with Crippen molar-refractivity contribution >= 4 is 22.6 Å². The quantitative estimate of drug-likeness (QED) is 0.800. The molecule has 2 aromatic rings. The molecule has 146 valence electrons. The summed E-state index contributed by atoms with van der Waals surface area (Å²) >= 11 is 0. The van der Waals surface area contributed by atoms with Crippen molar-refractivity contribution in [2.75, 3.05) is 0 Å². The lowest BCUT2D eigenvalue weighted by atomic mass is 9.53. The van der Waals surface area contributed by atoms with Crippen LogP contribution in [-0.2, 0) is 9.53 Å². The zero-order chi connectivity index (χ0) is 19.3. The number of esters is 1. The number of hydrogen-bond acceptors (Lipinski definition) is 3. The molecular weight excluding hydrogens is 350 g/mol. The fourth-order valence-corrected chi connectivity index (χ4v) is 6.23. The second-order valence-corrected chi connectivity index (χ2v) is 9.30. The lowest BCUT2D eigenvalue weighted by Crippen LogP contribution is -2.61. The van der Waals surface area contributed by atoms with Gasteiger partial charge in [0.1, 0.15) is 0 Å². The Balaban J connectivity index is 1.25. The largest absolute Gasteiger partial charge is 0.449 e. The van der Waals surface area contributed by atoms with Gasteiger partial charge >= 0.3 is 5.97 Å². The van der Waals surface area contributed by atoms with Crippen molar-refractivity contribution in [2.45, 2.75) is 57.1 Å². The Morgan fingerprint density at radius 2 is 1.57 bits per heavy atom. The summed E-state index contributed by atoms with van der Waals surface area (Å²) in [5, 5.41) is 5.36. The van der Waals surface area contributed by atoms with Crippen LogP contribution in [0.15, 0.2) is 42.5 Å². The van der Waals surface area contributed by atoms with Gasteiger partial charge in [-0.15, -0.1) is 0 Å². The molecule has 1 N–H and O–H groups in total. The third kappa shape index (κ3) is 3.19. The number of hydrogen-bond donors (Lipinski definition) is 1. The molecule has 4 nitrogen and oxygen atoms in total. The van der Waals surface area contributed by atoms with Crippen LogP contribution in [0.5, 0.6) is 0 Å². The fraction of sp³-hybridized carbons (Fsp3) is 0.500. The van der Waals surface area contributed by atoms with E-state index in [2.05, 4.69) is 5.32 Å². The number of rotatable bonds is 4. The van der Waals surface area contributed by atoms with Crippen molar-refractivity contribution in [1.82, 2.24) is 5.32 Å². The van der Waals surface area contributed by atoms with Crippen LogP contribution in [0.1, 0.15) is 55.8 Å². The summed E-state index contributed by atoms with van der Waals surface area (Å²) in [5.74, 6) is 1.70. The topological polar surface area (TPSA) is 55.4 Å². The molecule has 4 fully saturated rings. The third-order valence-electron chi connectivity index (χ3n) is 7.06. The minimum absolute atomic E-state index is 0.0601. The van der Waals surface area contributed by atoms with Crippen LogP contribution in [0.4, 0.5) is 0 Å². The molecule has 0 radical (unpaired) electrons. The van der Waals surface area contributed by atoms with Gasteiger partial charge in [-0.1, -0.05) is 30.3 Å². The van der Waals surface area contributed by atoms with Gasteiger partial charge in [0.15, 0.2) is 6.10 Å². The normalized spacial score (nSPS) is 31.5. The van der Waals surface area contributed by atoms with Gasteiger partial charge in [0, 0.05) is 5.54 Å². The van der Waals surface area contributed by atoms with Gasteiger partial charge in [0.2, 0.25) is 0 Å². The zero-order valence-electron chi connectivity index (χ0n) is 16.3. The molecule has 2 aromatic carbocycles. The number of benzene rings is 2. The molecule has 1 atom stereocenters. The fourth-order valence-electron chi connectivity index (χ4n) is 6.23. The standard InChI is InChI=1S/C24H27NO3/c1-15(28-23(27)21-7-6-19-4-2-3-5-20(19)11-21)22(26)25-24-12-16-8-17(13-24)10-18(9-16)14-24/h2-7,11,15-18H,8-10,12-14H2,1H3,(H,25,26)/t15-,16?,17?,18?,24?/m0/s1. The number of ether oxygens (including phenoxy) is 1. The van der Waals surface area contributed by atoms with Crippen molar-refractivity contribution in [2.24, 2.45) is 17.8 Å². The predicted molar refractivity (Wildman–Crippen MR) is 108 cm³/mol. The Morgan fingerprint density at radius 3 is 2.21 bits per heavy atom. The molecule has 6 rings (SSSR count). The third-order valence-corrected chi connectivity index (χ3v) is 7.06. The molecule has 0 aromatic heterocycles. The van der Waals surface area contributed by atoms with E-state index in [1.807, 2.05) is 36.4 Å². The van der Waals surface area contributed by atoms with Crippen molar-refractivity contribution in [1.29, 1.82) is 0 Å². The molecule has 4 aliphatic carbocycles. The number of carbonyl (C=O) groups is 2. The average molecular weight is 377 g/mol. The van der Waals surface area contributed by atoms with E-state index in [4.69, 9.17) is 4.74 Å². The van der Waals surface area contributed by atoms with Gasteiger partial charge in [-0.2, -0.15) is 0 Å². The Labute approximate surface area is 165 Å². The van der Waals surface area contributed by atoms with Gasteiger partial charge in [-0.05, 0) is 86.1 Å². The van der Waals surface area contributed by atoms with Crippen LogP contribution >= 0.6 is 0 Å². The van der Waals surface area contributed by atoms with Crippen molar-refractivity contribution in [3.63, 3.8) is 0 Å². The van der Waals surface area contributed by atoms with E-state index in [1.54, 1.807) is 13.0 Å². The minimum atomic E-state index is -0.785. The molecule has 0 heterocycles. The van der Waals surface area contributed by atoms with Crippen LogP contribution in [0, 0.1) is 17.8 Å². The van der Waals surface area contributed by atoms with E-state index in [1.165, 1.54) is 19.3 Å². The highest BCUT2D eigenvalue weighted by Gasteiger charge is 2.51. The summed E-state index contributed by atoms with van der Waals surface area (Å²) in [6, 6.07) is 13.4. The monoisotopic (exact) mass is 377 g/mol. The van der Waals surface area contributed by atoms with Gasteiger partial charge in [0.05, 0.1) is 5.56 Å². The SMILES string of the molecule is C[C@H](OC(=O)c1ccc2ccccc2c1)C(=O)NC12CC3CC(CC(C3)C1)C2. The lowest BCUT2D eigenvalue weighted by Gasteiger charge is -2.57. The molecule has 1 amide bonds. The molecule has 4 bridgehead atoms. The molecule has 0 aliphatic heterocycles. The highest BCUT2D eigenvalue weighted by molar-refractivity contribution is 5.96. The molecule has 0 saturated heterocycles. The van der Waals surface area contributed by atoms with E-state index in [9.17, 15) is 9.59 Å². The Morgan fingerprint density at radius 1 is 0.964 bits per heavy atom. The molecule has 28 heavy (non-hydrogen) atoms. The molecule has 4 heteroatoms. The van der Waals surface area contributed by atoms with Crippen LogP contribution in [0.3, 0.4) is 0 Å². The number of amides is 1. The first-order valence-electron chi connectivity index (χ1n) is 10.5. The molecule has 4 saturated carbocycles. The molecule has 0 unspecified atom stereocenters. The number of fused-ring (bicyclic) bond motifs is 1. The molecule has 4 aliphatic rings. The molecule has 0 spiro atoms. The number of nitrogens with one attached hydrogen (secondary N) is 1. The van der Waals surface area contributed by atoms with E-state index in [0.717, 1.165) is 47.8 Å². The minimum Gasteiger partial charge on any atom is -0.449 e. The molecular formula is C24H27NO3. The maximum absolute atomic E-state index is 12.8. The summed E-state index contributed by atoms with van der Waals surface area (Å²) in [4.78, 5) is 25.4. The van der Waals surface area contributed by atoms with E-state index in [0.29, 0.717) is 5.56 Å². The first-order valence-corrected chi connectivity index (χ1v) is 10.5. The van der Waals surface area contributed by atoms with Gasteiger partial charge < -0.3 is 10.1 Å². The van der Waals surface area contributed by atoms with Crippen LogP contribution < -0.4 is 5.32 Å². The van der Waals surface area contributed by atoms with Gasteiger partial charge in [-0.25, -0.2) is 4.79 Å². The highest BCUT2D eigenvalue weighted by Crippen LogP contribution is 2.55. The van der Waals surface area contributed by atoms with Crippen molar-refractivity contribution < 1.29 is 14.3 Å².